The predicted molar refractivity (Wildman–Crippen MR) is 71.6 cm³/mol. The predicted octanol–water partition coefficient (Wildman–Crippen LogP) is 2.48. The number of rotatable bonds is 1. The van der Waals surface area contributed by atoms with E-state index < -0.39 is 5.60 Å². The highest BCUT2D eigenvalue weighted by Gasteiger charge is 2.54. The third kappa shape index (κ3) is 2.79. The molecule has 0 aromatic carbocycles. The van der Waals surface area contributed by atoms with Gasteiger partial charge in [0.15, 0.2) is 0 Å². The quantitative estimate of drug-likeness (QED) is 0.720. The number of hydrogen-bond acceptors (Lipinski definition) is 3. The molecule has 0 unspecified atom stereocenters. The molecule has 1 saturated carbocycles. The molecule has 2 fully saturated rings. The minimum absolute atomic E-state index is 0.0743. The van der Waals surface area contributed by atoms with Gasteiger partial charge < -0.3 is 4.74 Å². The Morgan fingerprint density at radius 2 is 1.83 bits per heavy atom. The van der Waals surface area contributed by atoms with E-state index in [0.29, 0.717) is 6.04 Å². The molecule has 0 radical (unpaired) electrons. The van der Waals surface area contributed by atoms with E-state index >= 15 is 0 Å². The van der Waals surface area contributed by atoms with Crippen LogP contribution in [0.4, 0.5) is 4.79 Å². The van der Waals surface area contributed by atoms with Crippen LogP contribution < -0.4 is 0 Å². The Bertz CT molecular complexity index is 329. The van der Waals surface area contributed by atoms with Crippen LogP contribution in [0.5, 0.6) is 0 Å². The van der Waals surface area contributed by atoms with Crippen molar-refractivity contribution in [3.05, 3.63) is 0 Å². The van der Waals surface area contributed by atoms with Gasteiger partial charge in [0, 0.05) is 25.7 Å². The van der Waals surface area contributed by atoms with Gasteiger partial charge in [-0.25, -0.2) is 4.79 Å². The van der Waals surface area contributed by atoms with Gasteiger partial charge in [-0.2, -0.15) is 0 Å². The molecule has 4 nitrogen and oxygen atoms in total. The van der Waals surface area contributed by atoms with E-state index in [-0.39, 0.29) is 11.6 Å². The second kappa shape index (κ2) is 4.41. The molecule has 0 aromatic heterocycles. The van der Waals surface area contributed by atoms with E-state index in [0.717, 1.165) is 32.5 Å². The molecule has 4 heteroatoms. The smallest absolute Gasteiger partial charge is 0.410 e. The Hall–Kier alpha value is -0.770. The first kappa shape index (κ1) is 13.7. The Kier molecular flexibility index (Phi) is 3.34. The first-order valence-electron chi connectivity index (χ1n) is 6.98. The van der Waals surface area contributed by atoms with E-state index in [1.807, 2.05) is 25.7 Å². The number of carbonyl (C=O) groups is 1. The monoisotopic (exact) mass is 254 g/mol. The molecule has 1 aliphatic heterocycles. The number of piperazine rings is 1. The van der Waals surface area contributed by atoms with Crippen molar-refractivity contribution in [3.63, 3.8) is 0 Å². The van der Waals surface area contributed by atoms with Gasteiger partial charge in [-0.1, -0.05) is 0 Å². The van der Waals surface area contributed by atoms with Gasteiger partial charge >= 0.3 is 6.09 Å². The second-order valence-corrected chi connectivity index (χ2v) is 6.92. The van der Waals surface area contributed by atoms with Crippen molar-refractivity contribution >= 4 is 6.09 Å². The molecule has 1 amide bonds. The maximum Gasteiger partial charge on any atom is 0.410 e. The largest absolute Gasteiger partial charge is 0.444 e. The summed E-state index contributed by atoms with van der Waals surface area (Å²) in [6, 6.07) is 0.559. The van der Waals surface area contributed by atoms with Crippen LogP contribution in [0.3, 0.4) is 0 Å². The van der Waals surface area contributed by atoms with E-state index in [4.69, 9.17) is 4.74 Å². The first-order valence-corrected chi connectivity index (χ1v) is 6.98. The zero-order valence-electron chi connectivity index (χ0n) is 12.3. The molecule has 0 atom stereocenters. The van der Waals surface area contributed by atoms with Crippen LogP contribution in [-0.2, 0) is 4.74 Å². The molecule has 2 rings (SSSR count). The Labute approximate surface area is 110 Å². The normalized spacial score (nSPS) is 23.6. The lowest BCUT2D eigenvalue weighted by molar-refractivity contribution is -0.0114. The summed E-state index contributed by atoms with van der Waals surface area (Å²) < 4.78 is 5.52. The molecule has 1 spiro atoms. The van der Waals surface area contributed by atoms with Gasteiger partial charge in [-0.3, -0.25) is 9.80 Å². The third-order valence-corrected chi connectivity index (χ3v) is 3.85. The Morgan fingerprint density at radius 1 is 1.22 bits per heavy atom. The minimum atomic E-state index is -0.400. The van der Waals surface area contributed by atoms with Crippen LogP contribution in [0.25, 0.3) is 0 Å². The zero-order valence-corrected chi connectivity index (χ0v) is 12.3. The van der Waals surface area contributed by atoms with Crippen molar-refractivity contribution in [2.45, 2.75) is 64.6 Å². The van der Waals surface area contributed by atoms with Crippen molar-refractivity contribution in [2.24, 2.45) is 0 Å². The fraction of sp³-hybridized carbons (Fsp3) is 0.929. The Morgan fingerprint density at radius 3 is 2.28 bits per heavy atom. The number of amides is 1. The van der Waals surface area contributed by atoms with Crippen molar-refractivity contribution < 1.29 is 9.53 Å². The minimum Gasteiger partial charge on any atom is -0.444 e. The number of hydrogen-bond donors (Lipinski definition) is 0. The van der Waals surface area contributed by atoms with E-state index in [9.17, 15) is 4.79 Å². The van der Waals surface area contributed by atoms with E-state index in [2.05, 4.69) is 18.7 Å². The standard InChI is InChI=1S/C14H26N2O2/c1-11(2)15-8-9-16(14(10-15)6-7-14)12(17)18-13(3,4)5/h11H,6-10H2,1-5H3. The van der Waals surface area contributed by atoms with Crippen molar-refractivity contribution in [2.75, 3.05) is 19.6 Å². The summed E-state index contributed by atoms with van der Waals surface area (Å²) in [6.45, 7) is 13.0. The fourth-order valence-corrected chi connectivity index (χ4v) is 2.62. The summed E-state index contributed by atoms with van der Waals surface area (Å²) in [5, 5.41) is 0. The first-order chi connectivity index (χ1) is 8.23. The highest BCUT2D eigenvalue weighted by atomic mass is 16.6. The van der Waals surface area contributed by atoms with E-state index in [1.54, 1.807) is 0 Å². The number of ether oxygens (including phenoxy) is 1. The van der Waals surface area contributed by atoms with Gasteiger partial charge in [0.1, 0.15) is 5.60 Å². The molecule has 1 aliphatic carbocycles. The van der Waals surface area contributed by atoms with Crippen LogP contribution in [0, 0.1) is 0 Å². The molecule has 0 bridgehead atoms. The molecule has 0 N–H and O–H groups in total. The van der Waals surface area contributed by atoms with Crippen LogP contribution in [0.2, 0.25) is 0 Å². The molecule has 2 aliphatic rings. The summed E-state index contributed by atoms with van der Waals surface area (Å²) >= 11 is 0. The molecule has 0 aromatic rings. The van der Waals surface area contributed by atoms with Crippen molar-refractivity contribution in [3.8, 4) is 0 Å². The second-order valence-electron chi connectivity index (χ2n) is 6.92. The summed E-state index contributed by atoms with van der Waals surface area (Å²) in [5.41, 5.74) is -0.326. The SMILES string of the molecule is CC(C)N1CCN(C(=O)OC(C)(C)C)C2(CC2)C1. The average Bonchev–Trinajstić information content (AvgIpc) is 2.95. The molecule has 104 valence electrons. The summed E-state index contributed by atoms with van der Waals surface area (Å²) in [6.07, 6.45) is 2.11. The lowest BCUT2D eigenvalue weighted by Gasteiger charge is -2.43. The highest BCUT2D eigenvalue weighted by Crippen LogP contribution is 2.45. The third-order valence-electron chi connectivity index (χ3n) is 3.85. The lowest BCUT2D eigenvalue weighted by Crippen LogP contribution is -2.59. The van der Waals surface area contributed by atoms with Crippen molar-refractivity contribution in [1.82, 2.24) is 9.80 Å². The molecular weight excluding hydrogens is 228 g/mol. The number of carbonyl (C=O) groups excluding carboxylic acids is 1. The van der Waals surface area contributed by atoms with Crippen LogP contribution >= 0.6 is 0 Å². The molecular formula is C14H26N2O2. The van der Waals surface area contributed by atoms with Gasteiger partial charge in [-0.15, -0.1) is 0 Å². The van der Waals surface area contributed by atoms with Crippen molar-refractivity contribution in [1.29, 1.82) is 0 Å². The summed E-state index contributed by atoms with van der Waals surface area (Å²) in [4.78, 5) is 16.7. The van der Waals surface area contributed by atoms with Gasteiger partial charge in [0.2, 0.25) is 0 Å². The van der Waals surface area contributed by atoms with Crippen LogP contribution in [0.1, 0.15) is 47.5 Å². The molecule has 1 saturated heterocycles. The average molecular weight is 254 g/mol. The fourth-order valence-electron chi connectivity index (χ4n) is 2.62. The maximum atomic E-state index is 12.2. The van der Waals surface area contributed by atoms with Crippen LogP contribution in [0.15, 0.2) is 0 Å². The topological polar surface area (TPSA) is 32.8 Å². The number of nitrogens with zero attached hydrogens (tertiary/aromatic N) is 2. The zero-order chi connectivity index (χ0) is 13.6. The highest BCUT2D eigenvalue weighted by molar-refractivity contribution is 5.70. The van der Waals surface area contributed by atoms with Gasteiger partial charge in [-0.05, 0) is 47.5 Å². The van der Waals surface area contributed by atoms with Gasteiger partial charge in [0.05, 0.1) is 5.54 Å². The van der Waals surface area contributed by atoms with Crippen LogP contribution in [-0.4, -0.2) is 52.7 Å². The lowest BCUT2D eigenvalue weighted by atomic mass is 10.1. The Balaban J connectivity index is 2.01. The van der Waals surface area contributed by atoms with Gasteiger partial charge in [0.25, 0.3) is 0 Å². The molecule has 1 heterocycles. The summed E-state index contributed by atoms with van der Waals surface area (Å²) in [5.74, 6) is 0. The summed E-state index contributed by atoms with van der Waals surface area (Å²) in [7, 11) is 0. The maximum absolute atomic E-state index is 12.2. The van der Waals surface area contributed by atoms with E-state index in [1.165, 1.54) is 0 Å². The molecule has 18 heavy (non-hydrogen) atoms.